The van der Waals surface area contributed by atoms with Crippen molar-refractivity contribution >= 4 is 104 Å². The van der Waals surface area contributed by atoms with Gasteiger partial charge in [0.2, 0.25) is 17.2 Å². The molecule has 3 unspecified atom stereocenters. The fourth-order valence-electron chi connectivity index (χ4n) is 14.9. The van der Waals surface area contributed by atoms with E-state index in [-0.39, 0.29) is 127 Å². The van der Waals surface area contributed by atoms with Crippen molar-refractivity contribution in [2.75, 3.05) is 152 Å². The maximum absolute atomic E-state index is 14.2. The van der Waals surface area contributed by atoms with Gasteiger partial charge in [0.05, 0.1) is 144 Å². The molecule has 38 heteroatoms. The SMILES string of the molecule is CC(=O)O.CC(=O)O.CCc1c2[n-]c(c1CC)CC1N=C(C=Nc3cc(OCCOCCOCCOC)c(OCCOCCOCCOC)cc3N=CC3=[N+](C)/C(=C\2)C(CCCNC(=O)OCCSSCCOC(=O)N[C@H]2C[C@@H](OC4CC(O)(C(=O)CO)Cc5c(O)c6c(c(O)c54)C(=O)c4c(OC)cccc4C6=O)O[C@@H](C)[C@H]2O)=C3C)C(C)=C1CCCO.[Gd]. The van der Waals surface area contributed by atoms with E-state index in [1.54, 1.807) is 20.4 Å². The molecule has 1 fully saturated rings. The number of alkyl carbamates (subject to hydrolysis) is 2. The van der Waals surface area contributed by atoms with E-state index in [1.807, 2.05) is 25.4 Å². The number of aromatic nitrogens is 1. The maximum Gasteiger partial charge on any atom is 0.407 e. The summed E-state index contributed by atoms with van der Waals surface area (Å²) in [4.78, 5) is 107. The van der Waals surface area contributed by atoms with Gasteiger partial charge in [-0.25, -0.2) is 14.6 Å². The molecule has 35 nitrogen and oxygen atoms in total. The van der Waals surface area contributed by atoms with Crippen molar-refractivity contribution in [1.29, 1.82) is 0 Å². The number of ketones is 3. The first-order valence-corrected chi connectivity index (χ1v) is 43.2. The number of aliphatic hydroxyl groups excluding tert-OH is 3. The average Bonchev–Trinajstić information content (AvgIpc) is 1.46. The van der Waals surface area contributed by atoms with Gasteiger partial charge < -0.3 is 118 Å². The number of allylic oxidation sites excluding steroid dienone is 3. The van der Waals surface area contributed by atoms with Gasteiger partial charge in [-0.15, -0.1) is 5.69 Å². The Labute approximate surface area is 760 Å². The van der Waals surface area contributed by atoms with Gasteiger partial charge in [0.15, 0.2) is 29.4 Å². The number of hydrogen-bond donors (Lipinski definition) is 10. The van der Waals surface area contributed by atoms with E-state index in [2.05, 4.69) is 49.0 Å². The molecule has 682 valence electrons. The predicted molar refractivity (Wildman–Crippen MR) is 457 cm³/mol. The molecular formula is C86H115GdN7O28S2. The van der Waals surface area contributed by atoms with Gasteiger partial charge in [-0.1, -0.05) is 58.7 Å². The molecule has 0 spiro atoms. The minimum Gasteiger partial charge on any atom is -0.661 e. The molecule has 0 radical (unpaired) electrons. The number of likely N-dealkylation sites (N-methyl/N-ethyl adjacent to an activating group) is 1. The normalized spacial score (nSPS) is 19.7. The molecule has 124 heavy (non-hydrogen) atoms. The maximum atomic E-state index is 14.2. The Morgan fingerprint density at radius 3 is 1.86 bits per heavy atom. The van der Waals surface area contributed by atoms with Crippen molar-refractivity contribution in [3.63, 3.8) is 0 Å². The number of methoxy groups -OCH3 is 3. The average molecular weight is 1920 g/mol. The number of fused-ring (bicyclic) bond motifs is 8. The predicted octanol–water partition coefficient (Wildman–Crippen LogP) is 8.06. The number of aromatic hydroxyl groups is 2. The van der Waals surface area contributed by atoms with Crippen molar-refractivity contribution < 1.29 is 181 Å². The summed E-state index contributed by atoms with van der Waals surface area (Å²) in [5.74, 6) is -4.31. The zero-order valence-electron chi connectivity index (χ0n) is 71.7. The number of carbonyl (C=O) groups excluding carboxylic acids is 5. The van der Waals surface area contributed by atoms with Crippen LogP contribution in [-0.4, -0.2) is 299 Å². The number of Topliss-reactive ketones (excluding diaryl/α,β-unsaturated/α-hetero) is 1. The molecule has 5 heterocycles. The second kappa shape index (κ2) is 51.6. The molecule has 2 aliphatic carbocycles. The van der Waals surface area contributed by atoms with Gasteiger partial charge in [0.1, 0.15) is 69.0 Å². The van der Waals surface area contributed by atoms with Crippen LogP contribution in [0.25, 0.3) is 6.08 Å². The Bertz CT molecular complexity index is 4580. The summed E-state index contributed by atoms with van der Waals surface area (Å²) in [6, 6.07) is 6.63. The molecule has 3 aromatic carbocycles. The van der Waals surface area contributed by atoms with Crippen LogP contribution in [-0.2, 0) is 87.4 Å². The molecular weight excluding hydrogens is 1800 g/mol. The summed E-state index contributed by atoms with van der Waals surface area (Å²) in [6.45, 7) is 15.7. The van der Waals surface area contributed by atoms with Crippen LogP contribution in [0, 0.1) is 39.9 Å². The Morgan fingerprint density at radius 2 is 1.29 bits per heavy atom. The van der Waals surface area contributed by atoms with Crippen molar-refractivity contribution in [2.45, 2.75) is 155 Å². The summed E-state index contributed by atoms with van der Waals surface area (Å²) in [6.07, 6.45) is 2.10. The summed E-state index contributed by atoms with van der Waals surface area (Å²) in [7, 11) is 9.33. The molecule has 6 aliphatic rings. The van der Waals surface area contributed by atoms with Crippen LogP contribution < -0.4 is 29.8 Å². The topological polar surface area (TPSA) is 480 Å². The summed E-state index contributed by atoms with van der Waals surface area (Å²) >= 11 is 0. The van der Waals surface area contributed by atoms with Crippen molar-refractivity contribution in [3.05, 3.63) is 114 Å². The number of carbonyl (C=O) groups is 7. The third-order valence-electron chi connectivity index (χ3n) is 20.8. The molecule has 1 saturated heterocycles. The van der Waals surface area contributed by atoms with Crippen LogP contribution in [0.3, 0.4) is 0 Å². The Hall–Kier alpha value is -8.13. The van der Waals surface area contributed by atoms with Gasteiger partial charge >= 0.3 is 12.2 Å². The molecule has 10 N–H and O–H groups in total. The monoisotopic (exact) mass is 1920 g/mol. The number of aliphatic carboxylic acids is 2. The first-order chi connectivity index (χ1) is 59.1. The molecule has 2 amide bonds. The smallest absolute Gasteiger partial charge is 0.407 e. The number of hydrogen-bond acceptors (Lipinski definition) is 31. The molecule has 0 saturated carbocycles. The fourth-order valence-corrected chi connectivity index (χ4v) is 16.6. The van der Waals surface area contributed by atoms with E-state index in [0.29, 0.717) is 126 Å². The molecule has 7 atom stereocenters. The second-order valence-corrected chi connectivity index (χ2v) is 31.8. The third kappa shape index (κ3) is 27.9. The van der Waals surface area contributed by atoms with Crippen LogP contribution in [0.4, 0.5) is 21.0 Å². The molecule has 1 aromatic heterocycles. The number of phenolic OH excluding ortho intramolecular Hbond substituents is 2. The Balaban J connectivity index is 0.00000225. The quantitative estimate of drug-likeness (QED) is 0.00763. The van der Waals surface area contributed by atoms with Crippen LogP contribution >= 0.6 is 21.6 Å². The Morgan fingerprint density at radius 1 is 0.718 bits per heavy atom. The number of rotatable bonds is 42. The van der Waals surface area contributed by atoms with Crippen LogP contribution in [0.15, 0.2) is 73.3 Å². The minimum absolute atomic E-state index is 0. The summed E-state index contributed by atoms with van der Waals surface area (Å²) < 4.78 is 76.7. The number of phenols is 2. The number of amides is 2. The fraction of sp³-hybridized carbons (Fsp3) is 0.547. The van der Waals surface area contributed by atoms with Gasteiger partial charge in [-0.05, 0) is 89.0 Å². The third-order valence-corrected chi connectivity index (χ3v) is 23.1. The molecule has 4 aromatic rings. The summed E-state index contributed by atoms with van der Waals surface area (Å²) in [5.41, 5.74) is 7.57. The number of nitrogens with zero attached hydrogens (tertiary/aromatic N) is 5. The van der Waals surface area contributed by atoms with Gasteiger partial charge in [0, 0.05) is 152 Å². The van der Waals surface area contributed by atoms with E-state index in [9.17, 15) is 54.6 Å². The van der Waals surface area contributed by atoms with Gasteiger partial charge in [0.25, 0.3) is 11.9 Å². The number of carboxylic acids is 2. The van der Waals surface area contributed by atoms with Gasteiger partial charge in [-0.2, -0.15) is 10.3 Å². The molecule has 4 aliphatic heterocycles. The van der Waals surface area contributed by atoms with Crippen LogP contribution in [0.1, 0.15) is 159 Å². The Kier molecular flexibility index (Phi) is 42.9. The summed E-state index contributed by atoms with van der Waals surface area (Å²) in [5, 5.41) is 87.1. The number of aliphatic hydroxyl groups is 4. The minimum atomic E-state index is -2.40. The first-order valence-electron chi connectivity index (χ1n) is 40.7. The van der Waals surface area contributed by atoms with Gasteiger partial charge in [-0.3, -0.25) is 34.0 Å². The van der Waals surface area contributed by atoms with Crippen molar-refractivity contribution in [3.8, 4) is 28.7 Å². The van der Waals surface area contributed by atoms with E-state index < -0.39 is 120 Å². The van der Waals surface area contributed by atoms with E-state index in [0.717, 1.165) is 83.1 Å². The zero-order chi connectivity index (χ0) is 89.5. The standard InChI is InChI=1S/C82H107N7O24S2.2C2H4O2.Gd/c1-10-50-51(11-2)58-38-63-53(48(4)64(89(63)6)45-85-60-40-67(109-32-30-107-28-26-105-24-22-102-8)66(108-31-29-106-27-25-104-23-21-101-7)39-59(60)84-44-62-47(3)52(17-14-20-90)57(87-62)37-56(50)86-58)16-13-19-83-80(98)110-33-35-114-115-36-34-111-81(99)88-61-41-70(112-49(5)75(61)93)113-68-43-82(100,69(92)46-91)42-55-72(68)79(97)74-73(77(55)95)76(94)54-15-12-18-65(103-9)71(54)78(74)96;2*1-2(3)4;/h12,15,18,38-40,44-45,49,57,61,68,70,75,90-91,93,100H,10-11,13-14,16-17,19-37,41-43,46H2,1-9H3,(H4,83,84,85,86,87,88,94,95,96,97,98,99);2*1H3,(H,3,4);/t49-,57?,61-,68?,70+,75+,82?;;;/m0.../s1. The first kappa shape index (κ1) is 103. The number of carboxylic acid groups (broad SMARTS) is 2. The largest absolute Gasteiger partial charge is 0.661 e. The van der Waals surface area contributed by atoms with E-state index >= 15 is 0 Å². The number of aliphatic imine (C=N–C) groups is 3. The van der Waals surface area contributed by atoms with Crippen LogP contribution in [0.5, 0.6) is 28.7 Å². The zero-order valence-corrected chi connectivity index (χ0v) is 75.6. The second-order valence-electron chi connectivity index (χ2n) is 29.1. The molecule has 10 rings (SSSR count). The molecule has 6 bridgehead atoms. The van der Waals surface area contributed by atoms with Crippen molar-refractivity contribution in [1.82, 2.24) is 15.6 Å². The number of ether oxygens (including phenoxy) is 13. The number of nitrogens with one attached hydrogen (secondary N) is 2. The van der Waals surface area contributed by atoms with Crippen LogP contribution in [0.2, 0.25) is 0 Å². The number of benzene rings is 3. The van der Waals surface area contributed by atoms with E-state index in [1.165, 1.54) is 59.4 Å². The van der Waals surface area contributed by atoms with Crippen molar-refractivity contribution in [2.24, 2.45) is 15.0 Å². The van der Waals surface area contributed by atoms with E-state index in [4.69, 9.17) is 101 Å².